The van der Waals surface area contributed by atoms with Crippen molar-refractivity contribution < 1.29 is 19.1 Å². The van der Waals surface area contributed by atoms with Gasteiger partial charge in [0.1, 0.15) is 6.04 Å². The summed E-state index contributed by atoms with van der Waals surface area (Å²) in [5.41, 5.74) is 2.19. The van der Waals surface area contributed by atoms with Crippen molar-refractivity contribution in [3.05, 3.63) is 65.2 Å². The maximum absolute atomic E-state index is 12.6. The van der Waals surface area contributed by atoms with Gasteiger partial charge in [-0.2, -0.15) is 5.26 Å². The van der Waals surface area contributed by atoms with Crippen LogP contribution < -0.4 is 10.6 Å². The van der Waals surface area contributed by atoms with E-state index in [-0.39, 0.29) is 11.8 Å². The lowest BCUT2D eigenvalue weighted by Crippen LogP contribution is -2.47. The largest absolute Gasteiger partial charge is 0.451 e. The van der Waals surface area contributed by atoms with Gasteiger partial charge in [0, 0.05) is 11.3 Å². The zero-order valence-corrected chi connectivity index (χ0v) is 17.4. The summed E-state index contributed by atoms with van der Waals surface area (Å²) < 4.78 is 5.29. The Morgan fingerprint density at radius 2 is 1.73 bits per heavy atom. The van der Waals surface area contributed by atoms with Crippen molar-refractivity contribution in [2.24, 2.45) is 5.92 Å². The Balaban J connectivity index is 2.02. The minimum Gasteiger partial charge on any atom is -0.451 e. The number of nitriles is 1. The van der Waals surface area contributed by atoms with Gasteiger partial charge in [0.15, 0.2) is 6.10 Å². The highest BCUT2D eigenvalue weighted by Gasteiger charge is 2.29. The van der Waals surface area contributed by atoms with E-state index in [4.69, 9.17) is 10.00 Å². The molecule has 0 unspecified atom stereocenters. The Kier molecular flexibility index (Phi) is 7.70. The molecule has 0 aliphatic carbocycles. The van der Waals surface area contributed by atoms with Gasteiger partial charge in [-0.15, -0.1) is 0 Å². The first kappa shape index (κ1) is 22.6. The lowest BCUT2D eigenvalue weighted by atomic mass is 10.0. The van der Waals surface area contributed by atoms with Gasteiger partial charge in [-0.25, -0.2) is 4.79 Å². The lowest BCUT2D eigenvalue weighted by molar-refractivity contribution is -0.156. The highest BCUT2D eigenvalue weighted by Crippen LogP contribution is 2.13. The average molecular weight is 407 g/mol. The summed E-state index contributed by atoms with van der Waals surface area (Å²) in [6.07, 6.45) is -1.08. The first-order valence-corrected chi connectivity index (χ1v) is 9.60. The third-order valence-electron chi connectivity index (χ3n) is 4.41. The van der Waals surface area contributed by atoms with Crippen LogP contribution in [0, 0.1) is 24.2 Å². The Labute approximate surface area is 176 Å². The molecule has 0 saturated carbocycles. The van der Waals surface area contributed by atoms with Crippen LogP contribution in [0.25, 0.3) is 0 Å². The molecule has 7 heteroatoms. The summed E-state index contributed by atoms with van der Waals surface area (Å²) in [7, 11) is 0. The topological polar surface area (TPSA) is 108 Å². The van der Waals surface area contributed by atoms with Crippen molar-refractivity contribution >= 4 is 23.5 Å². The van der Waals surface area contributed by atoms with Crippen molar-refractivity contribution in [2.75, 3.05) is 5.32 Å². The molecule has 0 heterocycles. The van der Waals surface area contributed by atoms with Gasteiger partial charge in [0.05, 0.1) is 11.6 Å². The van der Waals surface area contributed by atoms with Gasteiger partial charge in [-0.3, -0.25) is 9.59 Å². The average Bonchev–Trinajstić information content (AvgIpc) is 2.71. The number of carbonyl (C=O) groups is 3. The molecule has 156 valence electrons. The van der Waals surface area contributed by atoms with E-state index < -0.39 is 24.0 Å². The van der Waals surface area contributed by atoms with Gasteiger partial charge in [0.2, 0.25) is 0 Å². The summed E-state index contributed by atoms with van der Waals surface area (Å²) in [4.78, 5) is 37.5. The second-order valence-corrected chi connectivity index (χ2v) is 7.33. The van der Waals surface area contributed by atoms with Gasteiger partial charge in [-0.05, 0) is 50.1 Å². The zero-order chi connectivity index (χ0) is 22.3. The summed E-state index contributed by atoms with van der Waals surface area (Å²) >= 11 is 0. The molecule has 2 aromatic rings. The minimum absolute atomic E-state index is 0.242. The van der Waals surface area contributed by atoms with Crippen LogP contribution in [0.5, 0.6) is 0 Å². The van der Waals surface area contributed by atoms with Crippen LogP contribution in [0.2, 0.25) is 0 Å². The Hall–Kier alpha value is -3.66. The first-order valence-electron chi connectivity index (χ1n) is 9.60. The second kappa shape index (κ2) is 10.2. The predicted octanol–water partition coefficient (Wildman–Crippen LogP) is 3.19. The van der Waals surface area contributed by atoms with E-state index in [1.807, 2.05) is 19.1 Å². The van der Waals surface area contributed by atoms with Crippen LogP contribution >= 0.6 is 0 Å². The van der Waals surface area contributed by atoms with E-state index in [1.54, 1.807) is 50.2 Å². The molecule has 2 amide bonds. The van der Waals surface area contributed by atoms with E-state index in [2.05, 4.69) is 10.6 Å². The minimum atomic E-state index is -1.08. The molecule has 0 radical (unpaired) electrons. The maximum atomic E-state index is 12.6. The highest BCUT2D eigenvalue weighted by atomic mass is 16.5. The molecule has 2 atom stereocenters. The van der Waals surface area contributed by atoms with E-state index in [0.717, 1.165) is 5.56 Å². The fraction of sp³-hybridized carbons (Fsp3) is 0.304. The van der Waals surface area contributed by atoms with E-state index >= 15 is 0 Å². The SMILES string of the molecule is Cc1cccc(C(=O)N[C@@H](C(=O)O[C@@H](C)C(=O)Nc2cccc(C#N)c2)C(C)C)c1. The summed E-state index contributed by atoms with van der Waals surface area (Å²) in [5, 5.41) is 14.2. The van der Waals surface area contributed by atoms with Gasteiger partial charge in [-0.1, -0.05) is 37.6 Å². The Morgan fingerprint density at radius 3 is 2.37 bits per heavy atom. The Morgan fingerprint density at radius 1 is 1.03 bits per heavy atom. The van der Waals surface area contributed by atoms with Crippen molar-refractivity contribution in [3.8, 4) is 6.07 Å². The maximum Gasteiger partial charge on any atom is 0.329 e. The number of anilines is 1. The molecule has 0 spiro atoms. The van der Waals surface area contributed by atoms with Crippen LogP contribution in [0.15, 0.2) is 48.5 Å². The number of hydrogen-bond acceptors (Lipinski definition) is 5. The molecule has 0 aromatic heterocycles. The summed E-state index contributed by atoms with van der Waals surface area (Å²) in [6.45, 7) is 6.87. The Bertz CT molecular complexity index is 978. The molecular formula is C23H25N3O4. The number of amides is 2. The van der Waals surface area contributed by atoms with Crippen molar-refractivity contribution in [2.45, 2.75) is 39.8 Å². The van der Waals surface area contributed by atoms with Gasteiger partial charge >= 0.3 is 5.97 Å². The van der Waals surface area contributed by atoms with E-state index in [9.17, 15) is 14.4 Å². The molecule has 0 bridgehead atoms. The zero-order valence-electron chi connectivity index (χ0n) is 17.4. The molecule has 0 aliphatic heterocycles. The fourth-order valence-corrected chi connectivity index (χ4v) is 2.72. The number of esters is 1. The summed E-state index contributed by atoms with van der Waals surface area (Å²) in [5.74, 6) is -1.86. The van der Waals surface area contributed by atoms with Crippen LogP contribution in [0.4, 0.5) is 5.69 Å². The van der Waals surface area contributed by atoms with Crippen LogP contribution in [-0.4, -0.2) is 29.9 Å². The first-order chi connectivity index (χ1) is 14.2. The van der Waals surface area contributed by atoms with Crippen LogP contribution in [-0.2, 0) is 14.3 Å². The summed E-state index contributed by atoms with van der Waals surface area (Å²) in [6, 6.07) is 14.5. The molecule has 0 saturated heterocycles. The standard InChI is InChI=1S/C23H25N3O4/c1-14(2)20(26-22(28)18-9-5-7-15(3)11-18)23(29)30-16(4)21(27)25-19-10-6-8-17(12-19)13-24/h5-12,14,16,20H,1-4H3,(H,25,27)(H,26,28)/t16-,20+/m0/s1. The van der Waals surface area contributed by atoms with Crippen molar-refractivity contribution in [3.63, 3.8) is 0 Å². The molecule has 2 N–H and O–H groups in total. The van der Waals surface area contributed by atoms with Gasteiger partial charge < -0.3 is 15.4 Å². The molecule has 30 heavy (non-hydrogen) atoms. The van der Waals surface area contributed by atoms with Crippen molar-refractivity contribution in [1.82, 2.24) is 5.32 Å². The number of ether oxygens (including phenoxy) is 1. The lowest BCUT2D eigenvalue weighted by Gasteiger charge is -2.23. The van der Waals surface area contributed by atoms with Crippen LogP contribution in [0.3, 0.4) is 0 Å². The number of aryl methyl sites for hydroxylation is 1. The van der Waals surface area contributed by atoms with Crippen LogP contribution in [0.1, 0.15) is 42.3 Å². The predicted molar refractivity (Wildman–Crippen MR) is 113 cm³/mol. The number of benzene rings is 2. The third kappa shape index (κ3) is 6.17. The van der Waals surface area contributed by atoms with Gasteiger partial charge in [0.25, 0.3) is 11.8 Å². The quantitative estimate of drug-likeness (QED) is 0.685. The van der Waals surface area contributed by atoms with Crippen molar-refractivity contribution in [1.29, 1.82) is 5.26 Å². The highest BCUT2D eigenvalue weighted by molar-refractivity contribution is 5.98. The number of hydrogen-bond donors (Lipinski definition) is 2. The number of rotatable bonds is 7. The van der Waals surface area contributed by atoms with E-state index in [0.29, 0.717) is 16.8 Å². The molecule has 7 nitrogen and oxygen atoms in total. The third-order valence-corrected chi connectivity index (χ3v) is 4.41. The number of carbonyl (C=O) groups excluding carboxylic acids is 3. The normalized spacial score (nSPS) is 12.4. The number of nitrogens with one attached hydrogen (secondary N) is 2. The molecular weight excluding hydrogens is 382 g/mol. The molecule has 0 fully saturated rings. The van der Waals surface area contributed by atoms with E-state index in [1.165, 1.54) is 13.0 Å². The monoisotopic (exact) mass is 407 g/mol. The molecule has 2 aromatic carbocycles. The number of nitrogens with zero attached hydrogens (tertiary/aromatic N) is 1. The smallest absolute Gasteiger partial charge is 0.329 e. The molecule has 0 aliphatic rings. The second-order valence-electron chi connectivity index (χ2n) is 7.33. The fourth-order valence-electron chi connectivity index (χ4n) is 2.72. The molecule has 2 rings (SSSR count).